The fourth-order valence-corrected chi connectivity index (χ4v) is 2.55. The third kappa shape index (κ3) is 2.96. The molecule has 0 saturated heterocycles. The summed E-state index contributed by atoms with van der Waals surface area (Å²) in [5.74, 6) is 0.332. The van der Waals surface area contributed by atoms with E-state index in [1.807, 2.05) is 13.0 Å². The fraction of sp³-hybridized carbons (Fsp3) is 0.500. The maximum absolute atomic E-state index is 11.9. The minimum absolute atomic E-state index is 0.104. The van der Waals surface area contributed by atoms with E-state index in [-0.39, 0.29) is 29.4 Å². The highest BCUT2D eigenvalue weighted by Crippen LogP contribution is 2.36. The van der Waals surface area contributed by atoms with Crippen LogP contribution in [0.3, 0.4) is 0 Å². The van der Waals surface area contributed by atoms with Crippen LogP contribution in [-0.4, -0.2) is 27.9 Å². The highest BCUT2D eigenvalue weighted by atomic mass is 16.3. The molecule has 6 heteroatoms. The zero-order valence-corrected chi connectivity index (χ0v) is 11.8. The molecule has 0 aromatic carbocycles. The number of hydrogen-bond donors (Lipinski definition) is 3. The van der Waals surface area contributed by atoms with E-state index in [9.17, 15) is 9.90 Å². The number of nitrogens with two attached hydrogens (primary N) is 1. The van der Waals surface area contributed by atoms with Gasteiger partial charge in [-0.25, -0.2) is 4.98 Å². The number of nitrogens with zero attached hydrogens (tertiary/aromatic N) is 2. The monoisotopic (exact) mass is 276 g/mol. The third-order valence-electron chi connectivity index (χ3n) is 3.56. The molecule has 1 aromatic rings. The van der Waals surface area contributed by atoms with Crippen molar-refractivity contribution in [1.29, 1.82) is 0 Å². The summed E-state index contributed by atoms with van der Waals surface area (Å²) in [6.45, 7) is 3.87. The lowest BCUT2D eigenvalue weighted by molar-refractivity contribution is 0.173. The van der Waals surface area contributed by atoms with Gasteiger partial charge in [0.15, 0.2) is 0 Å². The van der Waals surface area contributed by atoms with Crippen molar-refractivity contribution in [2.45, 2.75) is 26.7 Å². The first-order valence-corrected chi connectivity index (χ1v) is 6.65. The average Bonchev–Trinajstić information content (AvgIpc) is 2.76. The summed E-state index contributed by atoms with van der Waals surface area (Å²) in [6.07, 6.45) is 7.07. The molecule has 4 N–H and O–H groups in total. The Kier molecular flexibility index (Phi) is 4.04. The van der Waals surface area contributed by atoms with Crippen molar-refractivity contribution in [3.63, 3.8) is 0 Å². The number of hydrogen-bond acceptors (Lipinski definition) is 5. The summed E-state index contributed by atoms with van der Waals surface area (Å²) < 4.78 is 0. The van der Waals surface area contributed by atoms with Gasteiger partial charge in [0.25, 0.3) is 5.56 Å². The molecular weight excluding hydrogens is 256 g/mol. The van der Waals surface area contributed by atoms with Gasteiger partial charge in [0, 0.05) is 11.6 Å². The van der Waals surface area contributed by atoms with Crippen molar-refractivity contribution < 1.29 is 5.11 Å². The Bertz CT molecular complexity index is 606. The molecule has 6 nitrogen and oxygen atoms in total. The molecular formula is C14H20N4O2. The largest absolute Gasteiger partial charge is 0.395 e. The minimum Gasteiger partial charge on any atom is -0.395 e. The second kappa shape index (κ2) is 5.58. The normalized spacial score (nSPS) is 25.6. The van der Waals surface area contributed by atoms with Crippen molar-refractivity contribution in [3.05, 3.63) is 28.2 Å². The van der Waals surface area contributed by atoms with E-state index in [0.717, 1.165) is 6.42 Å². The Morgan fingerprint density at radius 2 is 2.45 bits per heavy atom. The molecule has 1 aromatic heterocycles. The fourth-order valence-electron chi connectivity index (χ4n) is 2.55. The van der Waals surface area contributed by atoms with E-state index in [2.05, 4.69) is 21.0 Å². The molecule has 20 heavy (non-hydrogen) atoms. The highest BCUT2D eigenvalue weighted by molar-refractivity contribution is 5.61. The third-order valence-corrected chi connectivity index (χ3v) is 3.56. The molecule has 0 spiro atoms. The van der Waals surface area contributed by atoms with E-state index in [4.69, 9.17) is 5.73 Å². The molecule has 0 unspecified atom stereocenters. The number of allylic oxidation sites excluding steroid dienone is 1. The molecule has 1 aliphatic carbocycles. The van der Waals surface area contributed by atoms with Crippen LogP contribution in [0, 0.1) is 11.3 Å². The van der Waals surface area contributed by atoms with E-state index in [1.165, 1.54) is 0 Å². The lowest BCUT2D eigenvalue weighted by atomic mass is 9.87. The SMILES string of the molecule is CC=Nc1c(C[C@H]2C=C[C@@](C)(CO)C2)nc(N)[nH]c1=O. The Morgan fingerprint density at radius 1 is 1.70 bits per heavy atom. The molecule has 2 atom stereocenters. The molecule has 0 radical (unpaired) electrons. The van der Waals surface area contributed by atoms with Crippen molar-refractivity contribution in [1.82, 2.24) is 9.97 Å². The smallest absolute Gasteiger partial charge is 0.278 e. The van der Waals surface area contributed by atoms with Gasteiger partial charge in [-0.3, -0.25) is 14.8 Å². The first-order chi connectivity index (χ1) is 9.47. The number of anilines is 1. The summed E-state index contributed by atoms with van der Waals surface area (Å²) in [7, 11) is 0. The molecule has 0 aliphatic heterocycles. The number of H-pyrrole nitrogens is 1. The van der Waals surface area contributed by atoms with Crippen LogP contribution in [-0.2, 0) is 6.42 Å². The second-order valence-corrected chi connectivity index (χ2v) is 5.47. The number of aliphatic imine (C=N–C) groups is 1. The van der Waals surface area contributed by atoms with Crippen molar-refractivity contribution in [2.24, 2.45) is 16.3 Å². The second-order valence-electron chi connectivity index (χ2n) is 5.47. The van der Waals surface area contributed by atoms with Crippen LogP contribution in [0.1, 0.15) is 26.0 Å². The molecule has 1 heterocycles. The average molecular weight is 276 g/mol. The topological polar surface area (TPSA) is 104 Å². The molecule has 2 rings (SSSR count). The first kappa shape index (κ1) is 14.5. The predicted octanol–water partition coefficient (Wildman–Crippen LogP) is 1.19. The molecule has 1 aliphatic rings. The van der Waals surface area contributed by atoms with Crippen LogP contribution in [0.15, 0.2) is 21.9 Å². The standard InChI is InChI=1S/C14H20N4O2/c1-3-16-11-10(17-13(15)18-12(11)20)6-9-4-5-14(2,7-9)8-19/h3-5,9,19H,6-8H2,1-2H3,(H3,15,17,18,20)/t9-,14-/m1/s1. The number of aromatic nitrogens is 2. The highest BCUT2D eigenvalue weighted by Gasteiger charge is 2.30. The minimum atomic E-state index is -0.322. The zero-order chi connectivity index (χ0) is 14.8. The molecule has 0 fully saturated rings. The molecule has 0 saturated carbocycles. The summed E-state index contributed by atoms with van der Waals surface area (Å²) >= 11 is 0. The number of aliphatic hydroxyl groups excluding tert-OH is 1. The predicted molar refractivity (Wildman–Crippen MR) is 79.2 cm³/mol. The number of aliphatic hydroxyl groups is 1. The van der Waals surface area contributed by atoms with Gasteiger partial charge >= 0.3 is 0 Å². The maximum atomic E-state index is 11.9. The van der Waals surface area contributed by atoms with Gasteiger partial charge in [-0.05, 0) is 25.7 Å². The van der Waals surface area contributed by atoms with E-state index >= 15 is 0 Å². The van der Waals surface area contributed by atoms with Crippen molar-refractivity contribution >= 4 is 17.9 Å². The van der Waals surface area contributed by atoms with Crippen LogP contribution in [0.5, 0.6) is 0 Å². The van der Waals surface area contributed by atoms with E-state index in [1.54, 1.807) is 13.1 Å². The molecule has 0 amide bonds. The van der Waals surface area contributed by atoms with Crippen LogP contribution in [0.2, 0.25) is 0 Å². The van der Waals surface area contributed by atoms with Gasteiger partial charge in [-0.2, -0.15) is 0 Å². The quantitative estimate of drug-likeness (QED) is 0.567. The number of nitrogens with one attached hydrogen (secondary N) is 1. The van der Waals surface area contributed by atoms with Crippen LogP contribution >= 0.6 is 0 Å². The Labute approximate surface area is 117 Å². The summed E-state index contributed by atoms with van der Waals surface area (Å²) in [6, 6.07) is 0. The van der Waals surface area contributed by atoms with Gasteiger partial charge in [0.05, 0.1) is 12.3 Å². The van der Waals surface area contributed by atoms with Crippen molar-refractivity contribution in [2.75, 3.05) is 12.3 Å². The summed E-state index contributed by atoms with van der Waals surface area (Å²) in [5.41, 5.74) is 6.00. The first-order valence-electron chi connectivity index (χ1n) is 6.65. The van der Waals surface area contributed by atoms with Crippen LogP contribution in [0.4, 0.5) is 11.6 Å². The number of aromatic amines is 1. The summed E-state index contributed by atoms with van der Waals surface area (Å²) in [5, 5.41) is 9.37. The van der Waals surface area contributed by atoms with E-state index < -0.39 is 0 Å². The number of rotatable bonds is 4. The van der Waals surface area contributed by atoms with Crippen molar-refractivity contribution in [3.8, 4) is 0 Å². The van der Waals surface area contributed by atoms with Crippen LogP contribution < -0.4 is 11.3 Å². The van der Waals surface area contributed by atoms with Gasteiger partial charge < -0.3 is 10.8 Å². The lowest BCUT2D eigenvalue weighted by Crippen LogP contribution is -2.19. The van der Waals surface area contributed by atoms with E-state index in [0.29, 0.717) is 17.8 Å². The Morgan fingerprint density at radius 3 is 3.05 bits per heavy atom. The Hall–Kier alpha value is -1.95. The lowest BCUT2D eigenvalue weighted by Gasteiger charge is -2.20. The molecule has 0 bridgehead atoms. The zero-order valence-electron chi connectivity index (χ0n) is 11.8. The van der Waals surface area contributed by atoms with Gasteiger partial charge in [-0.15, -0.1) is 0 Å². The Balaban J connectivity index is 2.27. The van der Waals surface area contributed by atoms with Gasteiger partial charge in [0.1, 0.15) is 5.69 Å². The van der Waals surface area contributed by atoms with Gasteiger partial charge in [0.2, 0.25) is 5.95 Å². The number of nitrogen functional groups attached to an aromatic ring is 1. The van der Waals surface area contributed by atoms with Gasteiger partial charge in [-0.1, -0.05) is 19.1 Å². The maximum Gasteiger partial charge on any atom is 0.278 e. The molecule has 108 valence electrons. The summed E-state index contributed by atoms with van der Waals surface area (Å²) in [4.78, 5) is 22.6. The van der Waals surface area contributed by atoms with Crippen LogP contribution in [0.25, 0.3) is 0 Å².